The van der Waals surface area contributed by atoms with Gasteiger partial charge in [0.1, 0.15) is 17.4 Å². The minimum absolute atomic E-state index is 0.00415. The summed E-state index contributed by atoms with van der Waals surface area (Å²) in [5.41, 5.74) is 0.941. The third kappa shape index (κ3) is 5.11. The molecule has 1 amide bonds. The maximum absolute atomic E-state index is 13.6. The molecule has 3 aromatic rings. The van der Waals surface area contributed by atoms with E-state index in [9.17, 15) is 13.6 Å². The fourth-order valence-electron chi connectivity index (χ4n) is 2.64. The van der Waals surface area contributed by atoms with Gasteiger partial charge in [0.05, 0.1) is 11.4 Å². The number of hydrogen-bond donors (Lipinski definition) is 1. The fourth-order valence-corrected chi connectivity index (χ4v) is 3.36. The molecule has 0 aliphatic carbocycles. The molecule has 0 spiro atoms. The Hall–Kier alpha value is -2.94. The van der Waals surface area contributed by atoms with Crippen molar-refractivity contribution in [1.82, 2.24) is 14.8 Å². The van der Waals surface area contributed by atoms with E-state index in [0.29, 0.717) is 17.0 Å². The summed E-state index contributed by atoms with van der Waals surface area (Å²) in [7, 11) is 1.78. The van der Waals surface area contributed by atoms with Gasteiger partial charge in [-0.3, -0.25) is 4.79 Å². The summed E-state index contributed by atoms with van der Waals surface area (Å²) >= 11 is 1.16. The molecule has 1 heterocycles. The standard InChI is InChI=1S/C20H20F2N4O2S/c1-12-6-4-5-7-17(12)28-13(2)19-24-25-20(26(19)3)29-11-18(27)23-16-9-8-14(21)10-15(16)22/h4-10,13H,11H2,1-3H3,(H,23,27). The molecule has 1 unspecified atom stereocenters. The van der Waals surface area contributed by atoms with Crippen LogP contribution < -0.4 is 10.1 Å². The van der Waals surface area contributed by atoms with Crippen LogP contribution >= 0.6 is 11.8 Å². The lowest BCUT2D eigenvalue weighted by molar-refractivity contribution is -0.113. The van der Waals surface area contributed by atoms with Gasteiger partial charge in [-0.2, -0.15) is 0 Å². The zero-order chi connectivity index (χ0) is 21.0. The van der Waals surface area contributed by atoms with E-state index in [1.54, 1.807) is 11.6 Å². The molecule has 0 fully saturated rings. The maximum atomic E-state index is 13.6. The molecule has 29 heavy (non-hydrogen) atoms. The lowest BCUT2D eigenvalue weighted by atomic mass is 10.2. The quantitative estimate of drug-likeness (QED) is 0.580. The largest absolute Gasteiger partial charge is 0.482 e. The lowest BCUT2D eigenvalue weighted by Gasteiger charge is -2.15. The highest BCUT2D eigenvalue weighted by molar-refractivity contribution is 7.99. The molecule has 1 N–H and O–H groups in total. The SMILES string of the molecule is Cc1ccccc1OC(C)c1nnc(SCC(=O)Nc2ccc(F)cc2F)n1C. The highest BCUT2D eigenvalue weighted by Gasteiger charge is 2.19. The number of anilines is 1. The van der Waals surface area contributed by atoms with Crippen LogP contribution in [0.25, 0.3) is 0 Å². The van der Waals surface area contributed by atoms with Gasteiger partial charge in [-0.25, -0.2) is 8.78 Å². The summed E-state index contributed by atoms with van der Waals surface area (Å²) in [5.74, 6) is -0.599. The first-order chi connectivity index (χ1) is 13.8. The van der Waals surface area contributed by atoms with Gasteiger partial charge in [-0.1, -0.05) is 30.0 Å². The number of carbonyl (C=O) groups excluding carboxylic acids is 1. The number of aryl methyl sites for hydroxylation is 1. The van der Waals surface area contributed by atoms with Crippen LogP contribution in [0.2, 0.25) is 0 Å². The summed E-state index contributed by atoms with van der Waals surface area (Å²) in [5, 5.41) is 11.2. The van der Waals surface area contributed by atoms with Crippen LogP contribution in [0.1, 0.15) is 24.4 Å². The predicted molar refractivity (Wildman–Crippen MR) is 107 cm³/mol. The van der Waals surface area contributed by atoms with Crippen molar-refractivity contribution in [3.05, 3.63) is 65.5 Å². The van der Waals surface area contributed by atoms with Crippen LogP contribution in [0.5, 0.6) is 5.75 Å². The second kappa shape index (κ2) is 9.04. The van der Waals surface area contributed by atoms with Crippen molar-refractivity contribution < 1.29 is 18.3 Å². The first kappa shape index (κ1) is 20.8. The van der Waals surface area contributed by atoms with Crippen LogP contribution in [0.15, 0.2) is 47.6 Å². The number of thioether (sulfide) groups is 1. The number of nitrogens with zero attached hydrogens (tertiary/aromatic N) is 3. The summed E-state index contributed by atoms with van der Waals surface area (Å²) in [4.78, 5) is 12.1. The smallest absolute Gasteiger partial charge is 0.234 e. The normalized spacial score (nSPS) is 11.9. The Morgan fingerprint density at radius 1 is 1.24 bits per heavy atom. The van der Waals surface area contributed by atoms with Gasteiger partial charge in [0, 0.05) is 13.1 Å². The molecule has 0 saturated heterocycles. The summed E-state index contributed by atoms with van der Waals surface area (Å²) in [6.45, 7) is 3.83. The second-order valence-electron chi connectivity index (χ2n) is 6.39. The summed E-state index contributed by atoms with van der Waals surface area (Å²) < 4.78 is 34.3. The van der Waals surface area contributed by atoms with E-state index < -0.39 is 17.5 Å². The number of para-hydroxylation sites is 1. The first-order valence-electron chi connectivity index (χ1n) is 8.84. The predicted octanol–water partition coefficient (Wildman–Crippen LogP) is 4.27. The second-order valence-corrected chi connectivity index (χ2v) is 7.33. The minimum Gasteiger partial charge on any atom is -0.482 e. The van der Waals surface area contributed by atoms with Crippen molar-refractivity contribution in [3.63, 3.8) is 0 Å². The molecule has 1 aromatic heterocycles. The third-order valence-corrected chi connectivity index (χ3v) is 5.19. The molecule has 0 saturated carbocycles. The average Bonchev–Trinajstić information content (AvgIpc) is 3.05. The van der Waals surface area contributed by atoms with Crippen LogP contribution in [-0.2, 0) is 11.8 Å². The molecule has 0 radical (unpaired) electrons. The van der Waals surface area contributed by atoms with Gasteiger partial charge in [0.2, 0.25) is 5.91 Å². The van der Waals surface area contributed by atoms with E-state index in [4.69, 9.17) is 4.74 Å². The molecule has 1 atom stereocenters. The zero-order valence-corrected chi connectivity index (χ0v) is 17.0. The zero-order valence-electron chi connectivity index (χ0n) is 16.1. The molecule has 3 rings (SSSR count). The van der Waals surface area contributed by atoms with Crippen molar-refractivity contribution in [2.24, 2.45) is 7.05 Å². The highest BCUT2D eigenvalue weighted by atomic mass is 32.2. The van der Waals surface area contributed by atoms with Gasteiger partial charge < -0.3 is 14.6 Å². The Labute approximate surface area is 171 Å². The Balaban J connectivity index is 1.60. The number of nitrogens with one attached hydrogen (secondary N) is 1. The highest BCUT2D eigenvalue weighted by Crippen LogP contribution is 2.26. The van der Waals surface area contributed by atoms with E-state index in [2.05, 4.69) is 15.5 Å². The molecular formula is C20H20F2N4O2S. The van der Waals surface area contributed by atoms with Crippen molar-refractivity contribution in [2.75, 3.05) is 11.1 Å². The molecule has 0 aliphatic heterocycles. The number of aromatic nitrogens is 3. The van der Waals surface area contributed by atoms with Gasteiger partial charge in [0.15, 0.2) is 17.1 Å². The van der Waals surface area contributed by atoms with Crippen LogP contribution in [0.4, 0.5) is 14.5 Å². The van der Waals surface area contributed by atoms with Gasteiger partial charge in [-0.05, 0) is 37.6 Å². The Morgan fingerprint density at radius 3 is 2.72 bits per heavy atom. The van der Waals surface area contributed by atoms with Gasteiger partial charge in [-0.15, -0.1) is 10.2 Å². The van der Waals surface area contributed by atoms with Gasteiger partial charge >= 0.3 is 0 Å². The van der Waals surface area contributed by atoms with Crippen molar-refractivity contribution >= 4 is 23.4 Å². The van der Waals surface area contributed by atoms with Crippen molar-refractivity contribution in [2.45, 2.75) is 25.1 Å². The molecule has 0 bridgehead atoms. The summed E-state index contributed by atoms with van der Waals surface area (Å²) in [6, 6.07) is 10.7. The van der Waals surface area contributed by atoms with E-state index in [0.717, 1.165) is 29.1 Å². The summed E-state index contributed by atoms with van der Waals surface area (Å²) in [6.07, 6.45) is -0.343. The molecular weight excluding hydrogens is 398 g/mol. The van der Waals surface area contributed by atoms with E-state index in [1.807, 2.05) is 38.1 Å². The van der Waals surface area contributed by atoms with E-state index >= 15 is 0 Å². The Morgan fingerprint density at radius 2 is 2.00 bits per heavy atom. The fraction of sp³-hybridized carbons (Fsp3) is 0.250. The third-order valence-electron chi connectivity index (χ3n) is 4.17. The minimum atomic E-state index is -0.827. The average molecular weight is 418 g/mol. The topological polar surface area (TPSA) is 69.0 Å². The van der Waals surface area contributed by atoms with Crippen molar-refractivity contribution in [1.29, 1.82) is 0 Å². The van der Waals surface area contributed by atoms with Crippen LogP contribution in [-0.4, -0.2) is 26.4 Å². The van der Waals surface area contributed by atoms with Crippen molar-refractivity contribution in [3.8, 4) is 5.75 Å². The molecule has 0 aliphatic rings. The first-order valence-corrected chi connectivity index (χ1v) is 9.83. The van der Waals surface area contributed by atoms with Crippen LogP contribution in [0.3, 0.4) is 0 Å². The van der Waals surface area contributed by atoms with E-state index in [-0.39, 0.29) is 17.5 Å². The monoisotopic (exact) mass is 418 g/mol. The number of rotatable bonds is 7. The maximum Gasteiger partial charge on any atom is 0.234 e. The van der Waals surface area contributed by atoms with Crippen LogP contribution in [0, 0.1) is 18.6 Å². The van der Waals surface area contributed by atoms with Gasteiger partial charge in [0.25, 0.3) is 0 Å². The number of carbonyl (C=O) groups is 1. The molecule has 152 valence electrons. The molecule has 6 nitrogen and oxygen atoms in total. The Bertz CT molecular complexity index is 1030. The number of amides is 1. The lowest BCUT2D eigenvalue weighted by Crippen LogP contribution is -2.16. The molecule has 9 heteroatoms. The Kier molecular flexibility index (Phi) is 6.48. The number of halogens is 2. The number of hydrogen-bond acceptors (Lipinski definition) is 5. The van der Waals surface area contributed by atoms with E-state index in [1.165, 1.54) is 6.07 Å². The number of benzene rings is 2. The molecule has 2 aromatic carbocycles. The number of ether oxygens (including phenoxy) is 1.